The lowest BCUT2D eigenvalue weighted by atomic mass is 10.1. The summed E-state index contributed by atoms with van der Waals surface area (Å²) in [6.45, 7) is 4.97. The van der Waals surface area contributed by atoms with E-state index in [1.165, 1.54) is 30.7 Å². The van der Waals surface area contributed by atoms with E-state index in [1.54, 1.807) is 56.0 Å². The number of alkyl halides is 1. The van der Waals surface area contributed by atoms with Gasteiger partial charge >= 0.3 is 6.16 Å². The second-order valence-corrected chi connectivity index (χ2v) is 11.8. The van der Waals surface area contributed by atoms with Gasteiger partial charge in [0.2, 0.25) is 5.95 Å². The summed E-state index contributed by atoms with van der Waals surface area (Å²) in [6.07, 6.45) is 0.769. The Morgan fingerprint density at radius 1 is 1.08 bits per heavy atom. The molecule has 4 heterocycles. The van der Waals surface area contributed by atoms with Gasteiger partial charge in [0.15, 0.2) is 17.9 Å². The summed E-state index contributed by atoms with van der Waals surface area (Å²) in [5, 5.41) is 0.417. The normalized spacial score (nSPS) is 17.9. The molecule has 5 rings (SSSR count). The number of nitrogens with two attached hydrogens (primary N) is 1. The number of nitrogen functional groups attached to an aromatic ring is 1. The average Bonchev–Trinajstić information content (AvgIpc) is 3.44. The Morgan fingerprint density at radius 2 is 1.79 bits per heavy atom. The van der Waals surface area contributed by atoms with Crippen molar-refractivity contribution in [2.45, 2.75) is 43.5 Å². The number of aromatic nitrogens is 4. The van der Waals surface area contributed by atoms with Gasteiger partial charge in [-0.15, -0.1) is 0 Å². The van der Waals surface area contributed by atoms with Crippen molar-refractivity contribution in [1.82, 2.24) is 18.9 Å². The minimum atomic E-state index is -4.06. The fourth-order valence-corrected chi connectivity index (χ4v) is 5.76. The lowest BCUT2D eigenvalue weighted by molar-refractivity contribution is -0.0340. The lowest BCUT2D eigenvalue weighted by Gasteiger charge is -2.22. The van der Waals surface area contributed by atoms with Crippen molar-refractivity contribution >= 4 is 38.8 Å². The zero-order chi connectivity index (χ0) is 27.9. The van der Waals surface area contributed by atoms with Gasteiger partial charge in [0.25, 0.3) is 10.0 Å². The quantitative estimate of drug-likeness (QED) is 0.362. The third-order valence-corrected chi connectivity index (χ3v) is 7.72. The molecule has 1 aromatic carbocycles. The van der Waals surface area contributed by atoms with E-state index >= 15 is 4.39 Å². The number of hydrogen-bond donors (Lipinski definition) is 1. The Hall–Kier alpha value is -4.26. The number of benzene rings is 1. The molecule has 0 bridgehead atoms. The molecule has 2 atom stereocenters. The van der Waals surface area contributed by atoms with E-state index in [9.17, 15) is 13.2 Å². The van der Waals surface area contributed by atoms with Crippen LogP contribution in [0.2, 0.25) is 0 Å². The molecular weight excluding hydrogens is 527 g/mol. The second-order valence-electron chi connectivity index (χ2n) is 10.0. The van der Waals surface area contributed by atoms with E-state index in [2.05, 4.69) is 15.0 Å². The van der Waals surface area contributed by atoms with Crippen LogP contribution in [0.5, 0.6) is 0 Å². The smallest absolute Gasteiger partial charge is 0.429 e. The molecule has 4 aromatic rings. The summed E-state index contributed by atoms with van der Waals surface area (Å²) in [6, 6.07) is 11.2. The van der Waals surface area contributed by atoms with Crippen LogP contribution in [-0.4, -0.2) is 64.5 Å². The third kappa shape index (κ3) is 5.21. The topological polar surface area (TPSA) is 143 Å². The van der Waals surface area contributed by atoms with Crippen molar-refractivity contribution in [2.75, 3.05) is 23.7 Å². The number of pyridine rings is 1. The summed E-state index contributed by atoms with van der Waals surface area (Å²) in [7, 11) is -4.06. The first-order valence-electron chi connectivity index (χ1n) is 12.1. The number of rotatable bonds is 5. The monoisotopic (exact) mass is 554 g/mol. The molecule has 0 aliphatic carbocycles. The molecular formula is C26H27FN6O5S. The Kier molecular flexibility index (Phi) is 6.62. The highest BCUT2D eigenvalue weighted by molar-refractivity contribution is 7.90. The zero-order valence-electron chi connectivity index (χ0n) is 21.5. The summed E-state index contributed by atoms with van der Waals surface area (Å²) in [5.74, 6) is 0.000534. The van der Waals surface area contributed by atoms with E-state index in [1.807, 2.05) is 0 Å². The van der Waals surface area contributed by atoms with Crippen molar-refractivity contribution in [3.63, 3.8) is 0 Å². The Balaban J connectivity index is 1.61. The number of anilines is 2. The van der Waals surface area contributed by atoms with Gasteiger partial charge in [-0.3, -0.25) is 0 Å². The SMILES string of the molecule is CC(C)(C)OC(=O)OC1CN(c2ccnc3c2c(-c2ccnc(N)n2)cn3S(=O)(=O)c2ccccc2)CC1F. The molecule has 0 amide bonds. The minimum Gasteiger partial charge on any atom is -0.429 e. The van der Waals surface area contributed by atoms with E-state index < -0.39 is 34.1 Å². The molecule has 1 fully saturated rings. The largest absolute Gasteiger partial charge is 0.509 e. The molecule has 1 aliphatic heterocycles. The molecule has 11 nitrogen and oxygen atoms in total. The van der Waals surface area contributed by atoms with Gasteiger partial charge in [0, 0.05) is 24.2 Å². The highest BCUT2D eigenvalue weighted by atomic mass is 32.2. The molecule has 204 valence electrons. The maximum absolute atomic E-state index is 15.1. The zero-order valence-corrected chi connectivity index (χ0v) is 22.3. The number of fused-ring (bicyclic) bond motifs is 1. The average molecular weight is 555 g/mol. The van der Waals surface area contributed by atoms with Gasteiger partial charge in [0.1, 0.15) is 5.60 Å². The lowest BCUT2D eigenvalue weighted by Crippen LogP contribution is -2.32. The van der Waals surface area contributed by atoms with Crippen molar-refractivity contribution < 1.29 is 27.1 Å². The highest BCUT2D eigenvalue weighted by Crippen LogP contribution is 2.39. The van der Waals surface area contributed by atoms with Crippen molar-refractivity contribution in [3.05, 3.63) is 61.1 Å². The summed E-state index contributed by atoms with van der Waals surface area (Å²) in [5.41, 5.74) is 6.42. The molecule has 0 radical (unpaired) electrons. The van der Waals surface area contributed by atoms with Crippen LogP contribution in [-0.2, 0) is 19.5 Å². The van der Waals surface area contributed by atoms with E-state index in [4.69, 9.17) is 15.2 Å². The van der Waals surface area contributed by atoms with Crippen molar-refractivity contribution in [1.29, 1.82) is 0 Å². The molecule has 3 aromatic heterocycles. The number of carbonyl (C=O) groups excluding carboxylic acids is 1. The highest BCUT2D eigenvalue weighted by Gasteiger charge is 2.38. The second kappa shape index (κ2) is 9.80. The number of halogens is 1. The van der Waals surface area contributed by atoms with Crippen LogP contribution in [0.3, 0.4) is 0 Å². The van der Waals surface area contributed by atoms with Gasteiger partial charge in [-0.25, -0.2) is 36.5 Å². The van der Waals surface area contributed by atoms with Crippen molar-refractivity contribution in [2.24, 2.45) is 0 Å². The van der Waals surface area contributed by atoms with Crippen LogP contribution in [0.1, 0.15) is 20.8 Å². The summed E-state index contributed by atoms with van der Waals surface area (Å²) >= 11 is 0. The van der Waals surface area contributed by atoms with Crippen LogP contribution < -0.4 is 10.6 Å². The van der Waals surface area contributed by atoms with Crippen LogP contribution in [0.4, 0.5) is 20.8 Å². The molecule has 13 heteroatoms. The van der Waals surface area contributed by atoms with Gasteiger partial charge < -0.3 is 20.1 Å². The predicted molar refractivity (Wildman–Crippen MR) is 142 cm³/mol. The maximum atomic E-state index is 15.1. The van der Waals surface area contributed by atoms with Gasteiger partial charge in [-0.1, -0.05) is 18.2 Å². The Bertz CT molecular complexity index is 1640. The predicted octanol–water partition coefficient (Wildman–Crippen LogP) is 3.79. The first-order chi connectivity index (χ1) is 18.4. The van der Waals surface area contributed by atoms with E-state index in [0.29, 0.717) is 22.3 Å². The molecule has 1 saturated heterocycles. The number of hydrogen-bond acceptors (Lipinski definition) is 10. The molecule has 39 heavy (non-hydrogen) atoms. The molecule has 0 saturated carbocycles. The van der Waals surface area contributed by atoms with Crippen LogP contribution in [0.25, 0.3) is 22.3 Å². The first-order valence-corrected chi connectivity index (χ1v) is 13.6. The molecule has 0 spiro atoms. The Labute approximate surface area is 224 Å². The summed E-state index contributed by atoms with van der Waals surface area (Å²) in [4.78, 5) is 26.5. The minimum absolute atomic E-state index is 0.000534. The number of nitrogens with zero attached hydrogens (tertiary/aromatic N) is 5. The maximum Gasteiger partial charge on any atom is 0.509 e. The summed E-state index contributed by atoms with van der Waals surface area (Å²) < 4.78 is 53.9. The van der Waals surface area contributed by atoms with E-state index in [-0.39, 0.29) is 29.6 Å². The van der Waals surface area contributed by atoms with Crippen molar-refractivity contribution in [3.8, 4) is 11.3 Å². The molecule has 2 unspecified atom stereocenters. The molecule has 2 N–H and O–H groups in total. The van der Waals surface area contributed by atoms with Gasteiger partial charge in [-0.05, 0) is 45.0 Å². The number of carbonyl (C=O) groups is 1. The third-order valence-electron chi connectivity index (χ3n) is 6.06. The molecule has 1 aliphatic rings. The fraction of sp³-hybridized carbons (Fsp3) is 0.308. The van der Waals surface area contributed by atoms with Gasteiger partial charge in [-0.2, -0.15) is 0 Å². The fourth-order valence-electron chi connectivity index (χ4n) is 4.42. The standard InChI is InChI=1S/C26H27FN6O5S/c1-26(2,3)38-25(34)37-21-15-32(14-18(21)27)20-10-12-29-23-22(20)17(19-9-11-30-24(28)31-19)13-33(23)39(35,36)16-7-5-4-6-8-16/h4-13,18,21H,14-15H2,1-3H3,(H2,28,30,31). The number of ether oxygens (including phenoxy) is 2. The van der Waals surface area contributed by atoms with E-state index in [0.717, 1.165) is 3.97 Å². The van der Waals surface area contributed by atoms with Crippen LogP contribution in [0, 0.1) is 0 Å². The van der Waals surface area contributed by atoms with Gasteiger partial charge in [0.05, 0.1) is 34.8 Å². The Morgan fingerprint density at radius 3 is 2.49 bits per heavy atom. The van der Waals surface area contributed by atoms with Crippen LogP contribution >= 0.6 is 0 Å². The van der Waals surface area contributed by atoms with Crippen LogP contribution in [0.15, 0.2) is 66.0 Å². The first kappa shape index (κ1) is 26.4.